The summed E-state index contributed by atoms with van der Waals surface area (Å²) in [4.78, 5) is 5.00. The summed E-state index contributed by atoms with van der Waals surface area (Å²) in [5.41, 5.74) is 7.65. The zero-order valence-corrected chi connectivity index (χ0v) is 17.4. The van der Waals surface area contributed by atoms with Crippen molar-refractivity contribution in [1.82, 2.24) is 14.9 Å². The fraction of sp³-hybridized carbons (Fsp3) is 0.115. The topological polar surface area (TPSA) is 29.9 Å². The molecule has 0 bridgehead atoms. The molecule has 0 atom stereocenters. The van der Waals surface area contributed by atoms with Crippen LogP contribution in [0.25, 0.3) is 24.2 Å². The minimum Gasteiger partial charge on any atom is -0.354 e. The predicted molar refractivity (Wildman–Crippen MR) is 125 cm³/mol. The molecule has 2 aromatic carbocycles. The molecule has 2 heterocycles. The van der Waals surface area contributed by atoms with Gasteiger partial charge in [0.25, 0.3) is 0 Å². The van der Waals surface area contributed by atoms with E-state index in [2.05, 4.69) is 71.2 Å². The molecule has 1 aromatic heterocycles. The first-order valence-corrected chi connectivity index (χ1v) is 10.5. The van der Waals surface area contributed by atoms with Crippen LogP contribution in [0.2, 0.25) is 5.02 Å². The van der Waals surface area contributed by atoms with Crippen molar-refractivity contribution in [3.05, 3.63) is 111 Å². The lowest BCUT2D eigenvalue weighted by atomic mass is 10.1. The Labute approximate surface area is 181 Å². The first kappa shape index (κ1) is 18.7. The molecule has 0 spiro atoms. The van der Waals surface area contributed by atoms with Crippen molar-refractivity contribution in [2.45, 2.75) is 19.3 Å². The molecule has 5 rings (SSSR count). The number of aromatic nitrogens is 2. The van der Waals surface area contributed by atoms with E-state index in [0.29, 0.717) is 5.02 Å². The van der Waals surface area contributed by atoms with Gasteiger partial charge in [-0.05, 0) is 24.1 Å². The molecule has 0 saturated heterocycles. The number of nitrogens with one attached hydrogen (secondary N) is 1. The Morgan fingerprint density at radius 3 is 2.70 bits per heavy atom. The van der Waals surface area contributed by atoms with Gasteiger partial charge in [0.05, 0.1) is 22.4 Å². The summed E-state index contributed by atoms with van der Waals surface area (Å²) in [6.45, 7) is 4.36. The minimum absolute atomic E-state index is 0.715. The highest BCUT2D eigenvalue weighted by atomic mass is 35.5. The number of fused-ring (bicyclic) bond motifs is 1. The largest absolute Gasteiger partial charge is 0.354 e. The van der Waals surface area contributed by atoms with Gasteiger partial charge < -0.3 is 5.32 Å². The smallest absolute Gasteiger partial charge is 0.157 e. The fourth-order valence-corrected chi connectivity index (χ4v) is 4.14. The molecule has 1 aliphatic carbocycles. The Hall–Kier alpha value is -3.30. The maximum absolute atomic E-state index is 6.26. The first-order chi connectivity index (χ1) is 14.7. The fourth-order valence-electron chi connectivity index (χ4n) is 3.95. The Bertz CT molecular complexity index is 1310. The van der Waals surface area contributed by atoms with Crippen molar-refractivity contribution in [3.8, 4) is 0 Å². The van der Waals surface area contributed by atoms with E-state index in [0.717, 1.165) is 52.7 Å². The monoisotopic (exact) mass is 411 g/mol. The summed E-state index contributed by atoms with van der Waals surface area (Å²) in [6.07, 6.45) is 11.1. The zero-order valence-electron chi connectivity index (χ0n) is 16.6. The number of allylic oxidation sites excluding steroid dienone is 4. The molecular formula is C26H22ClN3. The standard InChI is InChI=1S/C26H22ClN3/c1-18-23(14-19-10-5-6-11-19)29-26-24(15-20-8-3-2-4-9-20)28-25(17-30(18)26)21-12-7-13-22(27)16-21/h2-10,12-13,16-17,28H,1,11,14-15H2. The van der Waals surface area contributed by atoms with E-state index >= 15 is 0 Å². The average molecular weight is 412 g/mol. The predicted octanol–water partition coefficient (Wildman–Crippen LogP) is 4.29. The SMILES string of the molecule is C=c1c(CC2=CC=CC2)nc2n1C=C(c1cccc(Cl)c1)NC=2Cc1ccccc1. The van der Waals surface area contributed by atoms with Gasteiger partial charge in [-0.25, -0.2) is 4.98 Å². The van der Waals surface area contributed by atoms with Gasteiger partial charge in [-0.2, -0.15) is 0 Å². The zero-order chi connectivity index (χ0) is 20.5. The van der Waals surface area contributed by atoms with E-state index in [1.54, 1.807) is 0 Å². The van der Waals surface area contributed by atoms with E-state index < -0.39 is 0 Å². The molecule has 1 N–H and O–H groups in total. The molecule has 3 nitrogen and oxygen atoms in total. The molecule has 0 radical (unpaired) electrons. The molecule has 2 aliphatic rings. The third-order valence-corrected chi connectivity index (χ3v) is 5.74. The van der Waals surface area contributed by atoms with Crippen molar-refractivity contribution < 1.29 is 0 Å². The normalized spacial score (nSPS) is 14.9. The van der Waals surface area contributed by atoms with E-state index in [4.69, 9.17) is 16.6 Å². The maximum atomic E-state index is 6.26. The Morgan fingerprint density at radius 1 is 1.07 bits per heavy atom. The van der Waals surface area contributed by atoms with E-state index in [1.165, 1.54) is 11.1 Å². The molecule has 0 fully saturated rings. The Morgan fingerprint density at radius 2 is 1.93 bits per heavy atom. The summed E-state index contributed by atoms with van der Waals surface area (Å²) in [6, 6.07) is 18.3. The molecule has 1 aliphatic heterocycles. The summed E-state index contributed by atoms with van der Waals surface area (Å²) in [7, 11) is 0. The van der Waals surface area contributed by atoms with E-state index in [-0.39, 0.29) is 0 Å². The van der Waals surface area contributed by atoms with Crippen LogP contribution in [0.1, 0.15) is 23.2 Å². The molecule has 0 saturated carbocycles. The van der Waals surface area contributed by atoms with Crippen LogP contribution >= 0.6 is 11.6 Å². The number of halogens is 1. The van der Waals surface area contributed by atoms with Gasteiger partial charge in [0.2, 0.25) is 0 Å². The second kappa shape index (κ2) is 7.85. The molecule has 0 amide bonds. The van der Waals surface area contributed by atoms with Crippen LogP contribution in [0.4, 0.5) is 0 Å². The lowest BCUT2D eigenvalue weighted by Gasteiger charge is -2.19. The Balaban J connectivity index is 1.61. The molecule has 4 heteroatoms. The molecular weight excluding hydrogens is 390 g/mol. The van der Waals surface area contributed by atoms with Crippen molar-refractivity contribution >= 4 is 35.8 Å². The molecule has 3 aromatic rings. The number of hydrogen-bond donors (Lipinski definition) is 1. The average Bonchev–Trinajstić information content (AvgIpc) is 3.38. The van der Waals surface area contributed by atoms with Crippen molar-refractivity contribution in [2.75, 3.05) is 0 Å². The second-order valence-electron chi connectivity index (χ2n) is 7.65. The summed E-state index contributed by atoms with van der Waals surface area (Å²) in [5.74, 6) is 0. The number of hydrogen-bond acceptors (Lipinski definition) is 2. The molecule has 148 valence electrons. The van der Waals surface area contributed by atoms with Crippen molar-refractivity contribution in [2.24, 2.45) is 0 Å². The lowest BCUT2D eigenvalue weighted by molar-refractivity contribution is 0.943. The third-order valence-electron chi connectivity index (χ3n) is 5.51. The van der Waals surface area contributed by atoms with Crippen LogP contribution in [0.5, 0.6) is 0 Å². The van der Waals surface area contributed by atoms with Gasteiger partial charge >= 0.3 is 0 Å². The number of benzene rings is 2. The second-order valence-corrected chi connectivity index (χ2v) is 8.09. The molecule has 30 heavy (non-hydrogen) atoms. The van der Waals surface area contributed by atoms with Crippen LogP contribution in [0.3, 0.4) is 0 Å². The maximum Gasteiger partial charge on any atom is 0.157 e. The van der Waals surface area contributed by atoms with Crippen molar-refractivity contribution in [1.29, 1.82) is 0 Å². The van der Waals surface area contributed by atoms with Crippen LogP contribution in [-0.4, -0.2) is 9.55 Å². The van der Waals surface area contributed by atoms with Gasteiger partial charge in [-0.15, -0.1) is 0 Å². The summed E-state index contributed by atoms with van der Waals surface area (Å²) >= 11 is 6.26. The highest BCUT2D eigenvalue weighted by Crippen LogP contribution is 2.21. The number of nitrogens with zero attached hydrogens (tertiary/aromatic N) is 2. The van der Waals surface area contributed by atoms with Crippen LogP contribution < -0.4 is 16.1 Å². The minimum atomic E-state index is 0.715. The van der Waals surface area contributed by atoms with Crippen LogP contribution in [0.15, 0.2) is 78.4 Å². The van der Waals surface area contributed by atoms with Crippen LogP contribution in [0, 0.1) is 0 Å². The quantitative estimate of drug-likeness (QED) is 0.679. The summed E-state index contributed by atoms with van der Waals surface area (Å²) in [5, 5.41) is 5.27. The molecule has 0 unspecified atom stereocenters. The van der Waals surface area contributed by atoms with Crippen molar-refractivity contribution in [3.63, 3.8) is 0 Å². The van der Waals surface area contributed by atoms with Gasteiger partial charge in [0, 0.05) is 29.6 Å². The number of imidazole rings is 1. The van der Waals surface area contributed by atoms with Gasteiger partial charge in [0.15, 0.2) is 5.48 Å². The number of rotatable bonds is 5. The van der Waals surface area contributed by atoms with Crippen LogP contribution in [-0.2, 0) is 12.8 Å². The highest BCUT2D eigenvalue weighted by Gasteiger charge is 2.18. The van der Waals surface area contributed by atoms with Gasteiger partial charge in [0.1, 0.15) is 0 Å². The van der Waals surface area contributed by atoms with Gasteiger partial charge in [-0.1, -0.05) is 84.4 Å². The third kappa shape index (κ3) is 3.64. The lowest BCUT2D eigenvalue weighted by Crippen LogP contribution is -2.35. The summed E-state index contributed by atoms with van der Waals surface area (Å²) < 4.78 is 2.11. The van der Waals surface area contributed by atoms with E-state index in [9.17, 15) is 0 Å². The van der Waals surface area contributed by atoms with E-state index in [1.807, 2.05) is 24.3 Å². The van der Waals surface area contributed by atoms with Gasteiger partial charge in [-0.3, -0.25) is 4.57 Å². The first-order valence-electron chi connectivity index (χ1n) is 10.1. The Kier molecular flexibility index (Phi) is 4.89. The highest BCUT2D eigenvalue weighted by molar-refractivity contribution is 6.30.